The zero-order chi connectivity index (χ0) is 13.2. The van der Waals surface area contributed by atoms with Crippen molar-refractivity contribution in [3.63, 3.8) is 0 Å². The molecule has 96 valence electrons. The van der Waals surface area contributed by atoms with Crippen molar-refractivity contribution in [2.45, 2.75) is 39.0 Å². The lowest BCUT2D eigenvalue weighted by molar-refractivity contribution is 0.590. The number of benzene rings is 1. The van der Waals surface area contributed by atoms with E-state index in [-0.39, 0.29) is 5.41 Å². The summed E-state index contributed by atoms with van der Waals surface area (Å²) in [7, 11) is 0. The van der Waals surface area contributed by atoms with Crippen molar-refractivity contribution in [1.82, 2.24) is 9.97 Å². The molecule has 18 heavy (non-hydrogen) atoms. The Morgan fingerprint density at radius 2 is 1.78 bits per heavy atom. The summed E-state index contributed by atoms with van der Waals surface area (Å²) in [5.41, 5.74) is 9.57. The summed E-state index contributed by atoms with van der Waals surface area (Å²) < 4.78 is 0. The van der Waals surface area contributed by atoms with E-state index in [0.29, 0.717) is 5.95 Å². The SMILES string of the molecule is CC(C)(C)c1ccc(CCc2cnc(N)[nH]2)cc1. The van der Waals surface area contributed by atoms with Crippen molar-refractivity contribution in [3.05, 3.63) is 47.3 Å². The van der Waals surface area contributed by atoms with Crippen LogP contribution in [0.5, 0.6) is 0 Å². The summed E-state index contributed by atoms with van der Waals surface area (Å²) in [6, 6.07) is 8.86. The third-order valence-corrected chi connectivity index (χ3v) is 3.15. The zero-order valence-corrected chi connectivity index (χ0v) is 11.3. The molecule has 0 saturated carbocycles. The predicted molar refractivity (Wildman–Crippen MR) is 75.6 cm³/mol. The van der Waals surface area contributed by atoms with E-state index < -0.39 is 0 Å². The monoisotopic (exact) mass is 243 g/mol. The Labute approximate surface area is 108 Å². The molecule has 2 aromatic rings. The summed E-state index contributed by atoms with van der Waals surface area (Å²) in [4.78, 5) is 7.05. The molecular weight excluding hydrogens is 222 g/mol. The van der Waals surface area contributed by atoms with Gasteiger partial charge in [0.25, 0.3) is 0 Å². The quantitative estimate of drug-likeness (QED) is 0.870. The molecular formula is C15H21N3. The maximum absolute atomic E-state index is 5.55. The topological polar surface area (TPSA) is 54.7 Å². The van der Waals surface area contributed by atoms with E-state index in [2.05, 4.69) is 55.0 Å². The van der Waals surface area contributed by atoms with Gasteiger partial charge in [-0.2, -0.15) is 0 Å². The van der Waals surface area contributed by atoms with Gasteiger partial charge in [0, 0.05) is 5.69 Å². The van der Waals surface area contributed by atoms with Crippen molar-refractivity contribution >= 4 is 5.95 Å². The van der Waals surface area contributed by atoms with Crippen molar-refractivity contribution in [2.24, 2.45) is 0 Å². The molecule has 0 spiro atoms. The van der Waals surface area contributed by atoms with Crippen LogP contribution in [0.3, 0.4) is 0 Å². The summed E-state index contributed by atoms with van der Waals surface area (Å²) in [5.74, 6) is 0.494. The number of nitrogen functional groups attached to an aromatic ring is 1. The minimum absolute atomic E-state index is 0.219. The van der Waals surface area contributed by atoms with Crippen molar-refractivity contribution in [2.75, 3.05) is 5.73 Å². The maximum atomic E-state index is 5.55. The lowest BCUT2D eigenvalue weighted by atomic mass is 9.86. The molecule has 0 unspecified atom stereocenters. The number of anilines is 1. The summed E-state index contributed by atoms with van der Waals surface area (Å²) in [6.45, 7) is 6.69. The third-order valence-electron chi connectivity index (χ3n) is 3.15. The first-order valence-electron chi connectivity index (χ1n) is 6.34. The molecule has 2 rings (SSSR count). The molecule has 1 aromatic carbocycles. The predicted octanol–water partition coefficient (Wildman–Crippen LogP) is 3.07. The summed E-state index contributed by atoms with van der Waals surface area (Å²) in [5, 5.41) is 0. The molecule has 0 aliphatic rings. The van der Waals surface area contributed by atoms with E-state index in [1.165, 1.54) is 11.1 Å². The minimum atomic E-state index is 0.219. The van der Waals surface area contributed by atoms with Gasteiger partial charge in [-0.3, -0.25) is 0 Å². The average Bonchev–Trinajstić information content (AvgIpc) is 2.72. The number of H-pyrrole nitrogens is 1. The van der Waals surface area contributed by atoms with Gasteiger partial charge in [-0.1, -0.05) is 45.0 Å². The molecule has 1 aromatic heterocycles. The largest absolute Gasteiger partial charge is 0.369 e. The molecule has 3 N–H and O–H groups in total. The normalized spacial score (nSPS) is 11.7. The van der Waals surface area contributed by atoms with E-state index in [4.69, 9.17) is 5.73 Å². The Bertz CT molecular complexity index is 503. The van der Waals surface area contributed by atoms with Crippen LogP contribution in [0.2, 0.25) is 0 Å². The van der Waals surface area contributed by atoms with Gasteiger partial charge >= 0.3 is 0 Å². The molecule has 0 aliphatic heterocycles. The van der Waals surface area contributed by atoms with E-state index in [1.54, 1.807) is 6.20 Å². The molecule has 0 atom stereocenters. The Hall–Kier alpha value is -1.77. The Kier molecular flexibility index (Phi) is 3.41. The fraction of sp³-hybridized carbons (Fsp3) is 0.400. The van der Waals surface area contributed by atoms with Gasteiger partial charge in [-0.05, 0) is 29.4 Å². The minimum Gasteiger partial charge on any atom is -0.369 e. The van der Waals surface area contributed by atoms with Crippen LogP contribution in [0.25, 0.3) is 0 Å². The van der Waals surface area contributed by atoms with Gasteiger partial charge in [0.2, 0.25) is 0 Å². The van der Waals surface area contributed by atoms with E-state index >= 15 is 0 Å². The van der Waals surface area contributed by atoms with Gasteiger partial charge in [0.15, 0.2) is 5.95 Å². The standard InChI is InChI=1S/C15H21N3/c1-15(2,3)12-7-4-11(5-8-12)6-9-13-10-17-14(16)18-13/h4-5,7-8,10H,6,9H2,1-3H3,(H3,16,17,18). The number of hydrogen-bond donors (Lipinski definition) is 2. The van der Waals surface area contributed by atoms with Crippen LogP contribution in [-0.2, 0) is 18.3 Å². The molecule has 0 saturated heterocycles. The number of aryl methyl sites for hydroxylation is 2. The molecule has 0 amide bonds. The van der Waals surface area contributed by atoms with Crippen LogP contribution < -0.4 is 5.73 Å². The smallest absolute Gasteiger partial charge is 0.197 e. The number of imidazole rings is 1. The summed E-state index contributed by atoms with van der Waals surface area (Å²) in [6.07, 6.45) is 3.75. The van der Waals surface area contributed by atoms with Gasteiger partial charge in [0.05, 0.1) is 6.20 Å². The Morgan fingerprint density at radius 3 is 2.28 bits per heavy atom. The number of nitrogens with two attached hydrogens (primary N) is 1. The van der Waals surface area contributed by atoms with Crippen LogP contribution in [0.1, 0.15) is 37.6 Å². The second kappa shape index (κ2) is 4.84. The van der Waals surface area contributed by atoms with Crippen LogP contribution >= 0.6 is 0 Å². The molecule has 3 nitrogen and oxygen atoms in total. The highest BCUT2D eigenvalue weighted by molar-refractivity contribution is 5.28. The van der Waals surface area contributed by atoms with Gasteiger partial charge < -0.3 is 10.7 Å². The Balaban J connectivity index is 1.98. The van der Waals surface area contributed by atoms with Crippen LogP contribution in [0, 0.1) is 0 Å². The van der Waals surface area contributed by atoms with E-state index in [9.17, 15) is 0 Å². The van der Waals surface area contributed by atoms with Gasteiger partial charge in [-0.25, -0.2) is 4.98 Å². The fourth-order valence-electron chi connectivity index (χ4n) is 1.95. The first kappa shape index (κ1) is 12.7. The van der Waals surface area contributed by atoms with E-state index in [0.717, 1.165) is 18.5 Å². The highest BCUT2D eigenvalue weighted by Gasteiger charge is 2.12. The molecule has 0 fully saturated rings. The number of rotatable bonds is 3. The summed E-state index contributed by atoms with van der Waals surface area (Å²) >= 11 is 0. The number of aromatic amines is 1. The molecule has 3 heteroatoms. The van der Waals surface area contributed by atoms with Gasteiger partial charge in [-0.15, -0.1) is 0 Å². The molecule has 0 radical (unpaired) electrons. The van der Waals surface area contributed by atoms with Crippen LogP contribution in [-0.4, -0.2) is 9.97 Å². The third kappa shape index (κ3) is 3.13. The first-order valence-corrected chi connectivity index (χ1v) is 6.34. The lowest BCUT2D eigenvalue weighted by Crippen LogP contribution is -2.10. The lowest BCUT2D eigenvalue weighted by Gasteiger charge is -2.19. The van der Waals surface area contributed by atoms with Crippen molar-refractivity contribution < 1.29 is 0 Å². The number of nitrogens with zero attached hydrogens (tertiary/aromatic N) is 1. The number of hydrogen-bond acceptors (Lipinski definition) is 2. The zero-order valence-electron chi connectivity index (χ0n) is 11.3. The first-order chi connectivity index (χ1) is 8.45. The number of aromatic nitrogens is 2. The van der Waals surface area contributed by atoms with Gasteiger partial charge in [0.1, 0.15) is 0 Å². The second-order valence-electron chi connectivity index (χ2n) is 5.74. The fourth-order valence-corrected chi connectivity index (χ4v) is 1.95. The van der Waals surface area contributed by atoms with Crippen LogP contribution in [0.15, 0.2) is 30.5 Å². The number of nitrogens with one attached hydrogen (secondary N) is 1. The van der Waals surface area contributed by atoms with Crippen molar-refractivity contribution in [1.29, 1.82) is 0 Å². The Morgan fingerprint density at radius 1 is 1.11 bits per heavy atom. The molecule has 0 aliphatic carbocycles. The van der Waals surface area contributed by atoms with Crippen molar-refractivity contribution in [3.8, 4) is 0 Å². The molecule has 1 heterocycles. The molecule has 0 bridgehead atoms. The highest BCUT2D eigenvalue weighted by atomic mass is 15.0. The average molecular weight is 243 g/mol. The highest BCUT2D eigenvalue weighted by Crippen LogP contribution is 2.22. The second-order valence-corrected chi connectivity index (χ2v) is 5.74. The maximum Gasteiger partial charge on any atom is 0.197 e. The van der Waals surface area contributed by atoms with E-state index in [1.807, 2.05) is 0 Å². The van der Waals surface area contributed by atoms with Crippen LogP contribution in [0.4, 0.5) is 5.95 Å².